The Labute approximate surface area is 239 Å². The largest absolute Gasteiger partial charge is 0.495 e. The molecule has 1 heterocycles. The quantitative estimate of drug-likeness (QED) is 0.347. The molecule has 1 saturated heterocycles. The van der Waals surface area contributed by atoms with Crippen LogP contribution in [0.5, 0.6) is 11.5 Å². The Bertz CT molecular complexity index is 1570. The lowest BCUT2D eigenvalue weighted by Gasteiger charge is -2.26. The smallest absolute Gasteiger partial charge is 0.264 e. The summed E-state index contributed by atoms with van der Waals surface area (Å²) >= 11 is 0. The standard InChI is InChI=1S/C28H32FN3O7S2/c1-3-39-23-11-9-22(10-12-23)32(41(36,37)24-13-7-21(29)8-14-24)20-28(33)30-26-19-25(15-16-27(26)38-2)40(34,35)31-17-5-4-6-18-31/h7-16,19H,3-6,17-18,20H2,1-2H3,(H,30,33). The number of sulfonamides is 2. The lowest BCUT2D eigenvalue weighted by Crippen LogP contribution is -2.38. The molecule has 0 bridgehead atoms. The van der Waals surface area contributed by atoms with Crippen LogP contribution in [0, 0.1) is 5.82 Å². The summed E-state index contributed by atoms with van der Waals surface area (Å²) in [5.74, 6) is -0.655. The first-order valence-electron chi connectivity index (χ1n) is 13.1. The number of piperidine rings is 1. The highest BCUT2D eigenvalue weighted by molar-refractivity contribution is 7.92. The van der Waals surface area contributed by atoms with Gasteiger partial charge in [0.25, 0.3) is 10.0 Å². The number of methoxy groups -OCH3 is 1. The number of benzene rings is 3. The van der Waals surface area contributed by atoms with E-state index in [2.05, 4.69) is 5.32 Å². The third kappa shape index (κ3) is 6.97. The van der Waals surface area contributed by atoms with Crippen molar-refractivity contribution in [2.45, 2.75) is 36.0 Å². The number of rotatable bonds is 11. The first-order chi connectivity index (χ1) is 19.6. The zero-order valence-electron chi connectivity index (χ0n) is 22.7. The molecule has 220 valence electrons. The molecule has 0 unspecified atom stereocenters. The Balaban J connectivity index is 1.65. The van der Waals surface area contributed by atoms with Crippen LogP contribution in [-0.2, 0) is 24.8 Å². The maximum absolute atomic E-state index is 13.6. The molecule has 13 heteroatoms. The van der Waals surface area contributed by atoms with Crippen molar-refractivity contribution in [2.24, 2.45) is 0 Å². The lowest BCUT2D eigenvalue weighted by atomic mass is 10.2. The Morgan fingerprint density at radius 3 is 2.17 bits per heavy atom. The predicted octanol–water partition coefficient (Wildman–Crippen LogP) is 4.24. The number of ether oxygens (including phenoxy) is 2. The van der Waals surface area contributed by atoms with E-state index in [1.807, 2.05) is 6.92 Å². The van der Waals surface area contributed by atoms with Gasteiger partial charge in [0.05, 0.1) is 34.9 Å². The van der Waals surface area contributed by atoms with Crippen LogP contribution in [0.4, 0.5) is 15.8 Å². The van der Waals surface area contributed by atoms with Crippen LogP contribution in [0.25, 0.3) is 0 Å². The molecular weight excluding hydrogens is 573 g/mol. The van der Waals surface area contributed by atoms with Crippen molar-refractivity contribution < 1.29 is 35.5 Å². The van der Waals surface area contributed by atoms with Crippen LogP contribution in [-0.4, -0.2) is 60.4 Å². The number of halogens is 1. The molecule has 1 fully saturated rings. The number of hydrogen-bond acceptors (Lipinski definition) is 7. The van der Waals surface area contributed by atoms with Gasteiger partial charge < -0.3 is 14.8 Å². The highest BCUT2D eigenvalue weighted by atomic mass is 32.2. The van der Waals surface area contributed by atoms with Crippen molar-refractivity contribution in [2.75, 3.05) is 43.0 Å². The molecule has 1 N–H and O–H groups in total. The molecule has 0 saturated carbocycles. The summed E-state index contributed by atoms with van der Waals surface area (Å²) in [6.45, 7) is 2.38. The van der Waals surface area contributed by atoms with Gasteiger partial charge >= 0.3 is 0 Å². The molecule has 0 spiro atoms. The monoisotopic (exact) mass is 605 g/mol. The molecular formula is C28H32FN3O7S2. The summed E-state index contributed by atoms with van der Waals surface area (Å²) < 4.78 is 80.2. The highest BCUT2D eigenvalue weighted by Crippen LogP contribution is 2.31. The topological polar surface area (TPSA) is 122 Å². The summed E-state index contributed by atoms with van der Waals surface area (Å²) in [5.41, 5.74) is 0.239. The molecule has 1 aliphatic heterocycles. The van der Waals surface area contributed by atoms with E-state index < -0.39 is 38.3 Å². The van der Waals surface area contributed by atoms with Gasteiger partial charge in [-0.25, -0.2) is 21.2 Å². The second-order valence-electron chi connectivity index (χ2n) is 9.27. The van der Waals surface area contributed by atoms with Gasteiger partial charge in [-0.2, -0.15) is 4.31 Å². The number of nitrogens with zero attached hydrogens (tertiary/aromatic N) is 2. The van der Waals surface area contributed by atoms with E-state index in [-0.39, 0.29) is 26.9 Å². The van der Waals surface area contributed by atoms with Crippen LogP contribution < -0.4 is 19.1 Å². The highest BCUT2D eigenvalue weighted by Gasteiger charge is 2.29. The predicted molar refractivity (Wildman–Crippen MR) is 153 cm³/mol. The third-order valence-corrected chi connectivity index (χ3v) is 10.2. The number of anilines is 2. The Morgan fingerprint density at radius 1 is 0.927 bits per heavy atom. The van der Waals surface area contributed by atoms with Gasteiger partial charge in [-0.1, -0.05) is 6.42 Å². The van der Waals surface area contributed by atoms with Gasteiger partial charge in [0.1, 0.15) is 23.9 Å². The third-order valence-electron chi connectivity index (χ3n) is 6.52. The number of hydrogen-bond donors (Lipinski definition) is 1. The number of nitrogens with one attached hydrogen (secondary N) is 1. The van der Waals surface area contributed by atoms with Crippen molar-refractivity contribution in [3.8, 4) is 11.5 Å². The fourth-order valence-corrected chi connectivity index (χ4v) is 7.41. The molecule has 0 aromatic heterocycles. The van der Waals surface area contributed by atoms with Crippen molar-refractivity contribution in [1.29, 1.82) is 0 Å². The molecule has 1 aliphatic rings. The summed E-state index contributed by atoms with van der Waals surface area (Å²) in [6.07, 6.45) is 2.49. The molecule has 0 aliphatic carbocycles. The molecule has 41 heavy (non-hydrogen) atoms. The molecule has 3 aromatic rings. The Hall–Kier alpha value is -3.68. The average Bonchev–Trinajstić information content (AvgIpc) is 2.97. The van der Waals surface area contributed by atoms with E-state index in [9.17, 15) is 26.0 Å². The van der Waals surface area contributed by atoms with Crippen molar-refractivity contribution >= 4 is 37.3 Å². The fourth-order valence-electron chi connectivity index (χ4n) is 4.44. The van der Waals surface area contributed by atoms with Gasteiger partial charge in [0, 0.05) is 13.1 Å². The van der Waals surface area contributed by atoms with Crippen LogP contribution in [0.1, 0.15) is 26.2 Å². The van der Waals surface area contributed by atoms with Crippen LogP contribution in [0.15, 0.2) is 76.5 Å². The summed E-state index contributed by atoms with van der Waals surface area (Å²) in [7, 11) is -6.75. The zero-order chi connectivity index (χ0) is 29.6. The first kappa shape index (κ1) is 30.3. The van der Waals surface area contributed by atoms with Gasteiger partial charge in [-0.05, 0) is 86.5 Å². The number of amides is 1. The van der Waals surface area contributed by atoms with Crippen LogP contribution in [0.2, 0.25) is 0 Å². The fraction of sp³-hybridized carbons (Fsp3) is 0.321. The molecule has 10 nitrogen and oxygen atoms in total. The van der Waals surface area contributed by atoms with E-state index in [1.54, 1.807) is 12.1 Å². The second-order valence-corrected chi connectivity index (χ2v) is 13.1. The van der Waals surface area contributed by atoms with Crippen LogP contribution >= 0.6 is 0 Å². The van der Waals surface area contributed by atoms with Gasteiger partial charge in [0.2, 0.25) is 15.9 Å². The molecule has 4 rings (SSSR count). The van der Waals surface area contributed by atoms with Gasteiger partial charge in [0.15, 0.2) is 0 Å². The van der Waals surface area contributed by atoms with E-state index in [0.29, 0.717) is 25.4 Å². The summed E-state index contributed by atoms with van der Waals surface area (Å²) in [6, 6.07) is 14.5. The lowest BCUT2D eigenvalue weighted by molar-refractivity contribution is -0.114. The van der Waals surface area contributed by atoms with Gasteiger partial charge in [-0.15, -0.1) is 0 Å². The van der Waals surface area contributed by atoms with E-state index >= 15 is 0 Å². The Kier molecular flexibility index (Phi) is 9.51. The SMILES string of the molecule is CCOc1ccc(N(CC(=O)Nc2cc(S(=O)(=O)N3CCCCC3)ccc2OC)S(=O)(=O)c2ccc(F)cc2)cc1. The average molecular weight is 606 g/mol. The minimum Gasteiger partial charge on any atom is -0.495 e. The van der Waals surface area contributed by atoms with E-state index in [1.165, 1.54) is 41.7 Å². The van der Waals surface area contributed by atoms with Crippen molar-refractivity contribution in [3.05, 3.63) is 72.5 Å². The Morgan fingerprint density at radius 2 is 1.56 bits per heavy atom. The van der Waals surface area contributed by atoms with Crippen LogP contribution in [0.3, 0.4) is 0 Å². The first-order valence-corrected chi connectivity index (χ1v) is 15.9. The second kappa shape index (κ2) is 12.9. The number of carbonyl (C=O) groups excluding carboxylic acids is 1. The maximum Gasteiger partial charge on any atom is 0.264 e. The molecule has 1 amide bonds. The van der Waals surface area contributed by atoms with E-state index in [4.69, 9.17) is 9.47 Å². The van der Waals surface area contributed by atoms with Crippen molar-refractivity contribution in [1.82, 2.24) is 4.31 Å². The minimum atomic E-state index is -4.31. The minimum absolute atomic E-state index is 0.0159. The molecule has 3 aromatic carbocycles. The molecule has 0 radical (unpaired) electrons. The van der Waals surface area contributed by atoms with E-state index in [0.717, 1.165) is 47.8 Å². The zero-order valence-corrected chi connectivity index (χ0v) is 24.4. The normalized spacial score (nSPS) is 14.3. The summed E-state index contributed by atoms with van der Waals surface area (Å²) in [5, 5.41) is 2.60. The van der Waals surface area contributed by atoms with Gasteiger partial charge in [-0.3, -0.25) is 9.10 Å². The summed E-state index contributed by atoms with van der Waals surface area (Å²) in [4.78, 5) is 13.1. The number of carbonyl (C=O) groups is 1. The van der Waals surface area contributed by atoms with Crippen molar-refractivity contribution in [3.63, 3.8) is 0 Å². The maximum atomic E-state index is 13.6. The molecule has 0 atom stereocenters.